The summed E-state index contributed by atoms with van der Waals surface area (Å²) in [6.07, 6.45) is 0.356. The van der Waals surface area contributed by atoms with E-state index >= 15 is 0 Å². The van der Waals surface area contributed by atoms with Gasteiger partial charge in [-0.3, -0.25) is 19.2 Å². The molecular formula is C43H39NO6. The smallest absolute Gasteiger partial charge is 0.266 e. The molecule has 2 aliphatic rings. The SMILES string of the molecule is COc1ccc(C(C)(C)c2ccc(Oc3ccc4c(c3)C(=O)N(c3cccc(C)c3)C4=O)cc2)cc1.Cc1ccc2c(c1)C(=O)C(C)CC2=O. The van der Waals surface area contributed by atoms with Gasteiger partial charge in [-0.05, 0) is 91.2 Å². The van der Waals surface area contributed by atoms with Crippen LogP contribution in [-0.2, 0) is 5.41 Å². The van der Waals surface area contributed by atoms with Gasteiger partial charge in [0.15, 0.2) is 11.6 Å². The van der Waals surface area contributed by atoms with Crippen molar-refractivity contribution in [3.63, 3.8) is 0 Å². The number of methoxy groups -OCH3 is 1. The zero-order valence-corrected chi connectivity index (χ0v) is 29.1. The first-order valence-corrected chi connectivity index (χ1v) is 16.6. The van der Waals surface area contributed by atoms with Crippen LogP contribution in [0.1, 0.15) is 90.9 Å². The van der Waals surface area contributed by atoms with Gasteiger partial charge >= 0.3 is 0 Å². The topological polar surface area (TPSA) is 90.0 Å². The average molecular weight is 666 g/mol. The molecule has 0 radical (unpaired) electrons. The number of benzene rings is 5. The van der Waals surface area contributed by atoms with Gasteiger partial charge < -0.3 is 9.47 Å². The van der Waals surface area contributed by atoms with Crippen LogP contribution in [0.15, 0.2) is 109 Å². The van der Waals surface area contributed by atoms with Crippen LogP contribution in [0.5, 0.6) is 17.2 Å². The van der Waals surface area contributed by atoms with Crippen molar-refractivity contribution in [2.24, 2.45) is 5.92 Å². The van der Waals surface area contributed by atoms with Gasteiger partial charge in [0.25, 0.3) is 11.8 Å². The van der Waals surface area contributed by atoms with Crippen molar-refractivity contribution in [2.75, 3.05) is 12.0 Å². The molecule has 0 fully saturated rings. The molecule has 1 aliphatic heterocycles. The number of ether oxygens (including phenoxy) is 2. The molecule has 5 aromatic carbocycles. The molecule has 0 saturated heterocycles. The van der Waals surface area contributed by atoms with Crippen LogP contribution < -0.4 is 14.4 Å². The van der Waals surface area contributed by atoms with Crippen molar-refractivity contribution in [1.29, 1.82) is 0 Å². The van der Waals surface area contributed by atoms with Gasteiger partial charge in [0.1, 0.15) is 17.2 Å². The van der Waals surface area contributed by atoms with Crippen LogP contribution in [0, 0.1) is 19.8 Å². The number of fused-ring (bicyclic) bond motifs is 2. The maximum atomic E-state index is 13.1. The fraction of sp³-hybridized carbons (Fsp3) is 0.209. The van der Waals surface area contributed by atoms with E-state index < -0.39 is 0 Å². The second kappa shape index (κ2) is 13.6. The van der Waals surface area contributed by atoms with Crippen molar-refractivity contribution >= 4 is 29.1 Å². The second-order valence-electron chi connectivity index (χ2n) is 13.4. The van der Waals surface area contributed by atoms with E-state index in [2.05, 4.69) is 26.0 Å². The number of rotatable bonds is 6. The fourth-order valence-corrected chi connectivity index (χ4v) is 6.39. The lowest BCUT2D eigenvalue weighted by atomic mass is 9.78. The third kappa shape index (κ3) is 6.59. The predicted molar refractivity (Wildman–Crippen MR) is 194 cm³/mol. The lowest BCUT2D eigenvalue weighted by molar-refractivity contribution is 0.0834. The summed E-state index contributed by atoms with van der Waals surface area (Å²) in [5.41, 5.74) is 6.61. The number of anilines is 1. The van der Waals surface area contributed by atoms with Crippen LogP contribution in [0.3, 0.4) is 0 Å². The Balaban J connectivity index is 0.000000257. The highest BCUT2D eigenvalue weighted by molar-refractivity contribution is 6.34. The molecule has 0 aromatic heterocycles. The number of hydrogen-bond acceptors (Lipinski definition) is 6. The second-order valence-corrected chi connectivity index (χ2v) is 13.4. The standard InChI is InChI=1S/C31H27NO4.C12H12O2/c1-20-6-5-7-23(18-20)32-29(33)27-17-16-26(19-28(27)30(32)34)36-25-14-10-22(11-15-25)31(2,3)21-8-12-24(35-4)13-9-21;1-7-3-4-9-10(5-7)12(14)8(2)6-11(9)13/h5-19H,1-4H3;3-5,8H,6H2,1-2H3. The Morgan fingerprint density at radius 2 is 1.20 bits per heavy atom. The first-order valence-electron chi connectivity index (χ1n) is 16.6. The molecule has 0 N–H and O–H groups in total. The minimum Gasteiger partial charge on any atom is -0.497 e. The minimum atomic E-state index is -0.345. The van der Waals surface area contributed by atoms with Crippen LogP contribution in [0.25, 0.3) is 0 Å². The largest absolute Gasteiger partial charge is 0.497 e. The number of nitrogens with zero attached hydrogens (tertiary/aromatic N) is 1. The summed E-state index contributed by atoms with van der Waals surface area (Å²) in [6, 6.07) is 33.8. The van der Waals surface area contributed by atoms with E-state index in [0.717, 1.165) is 22.4 Å². The van der Waals surface area contributed by atoms with Gasteiger partial charge in [0.2, 0.25) is 0 Å². The van der Waals surface area contributed by atoms with Gasteiger partial charge in [-0.15, -0.1) is 0 Å². The van der Waals surface area contributed by atoms with Gasteiger partial charge in [-0.1, -0.05) is 74.9 Å². The summed E-state index contributed by atoms with van der Waals surface area (Å²) in [5, 5.41) is 0. The lowest BCUT2D eigenvalue weighted by Crippen LogP contribution is -2.29. The highest BCUT2D eigenvalue weighted by Crippen LogP contribution is 2.36. The molecule has 1 atom stereocenters. The Morgan fingerprint density at radius 1 is 0.620 bits per heavy atom. The van der Waals surface area contributed by atoms with Crippen molar-refractivity contribution < 1.29 is 28.7 Å². The molecule has 1 aliphatic carbocycles. The molecule has 1 unspecified atom stereocenters. The minimum absolute atomic E-state index is 0.0899. The van der Waals surface area contributed by atoms with Crippen molar-refractivity contribution in [1.82, 2.24) is 0 Å². The maximum Gasteiger partial charge on any atom is 0.266 e. The van der Waals surface area contributed by atoms with Gasteiger partial charge in [-0.2, -0.15) is 0 Å². The summed E-state index contributed by atoms with van der Waals surface area (Å²) in [4.78, 5) is 50.6. The highest BCUT2D eigenvalue weighted by atomic mass is 16.5. The Kier molecular flexibility index (Phi) is 9.26. The molecule has 0 spiro atoms. The lowest BCUT2D eigenvalue weighted by Gasteiger charge is -2.26. The Morgan fingerprint density at radius 3 is 1.84 bits per heavy atom. The third-order valence-corrected chi connectivity index (χ3v) is 9.42. The number of carbonyl (C=O) groups is 4. The van der Waals surface area contributed by atoms with Crippen molar-refractivity contribution in [3.05, 3.63) is 154 Å². The normalized spacial score (nSPS) is 15.2. The third-order valence-electron chi connectivity index (χ3n) is 9.42. The monoisotopic (exact) mass is 665 g/mol. The molecule has 2 amide bonds. The average Bonchev–Trinajstić information content (AvgIpc) is 3.36. The van der Waals surface area contributed by atoms with E-state index in [1.807, 2.05) is 87.5 Å². The Bertz CT molecular complexity index is 2130. The van der Waals surface area contributed by atoms with E-state index in [9.17, 15) is 19.2 Å². The molecule has 7 rings (SSSR count). The van der Waals surface area contributed by atoms with E-state index in [-0.39, 0.29) is 34.7 Å². The summed E-state index contributed by atoms with van der Waals surface area (Å²) in [7, 11) is 1.66. The van der Waals surface area contributed by atoms with Crippen LogP contribution in [0.2, 0.25) is 0 Å². The molecule has 0 saturated carbocycles. The van der Waals surface area contributed by atoms with Crippen LogP contribution in [-0.4, -0.2) is 30.5 Å². The maximum absolute atomic E-state index is 13.1. The van der Waals surface area contributed by atoms with E-state index in [1.165, 1.54) is 10.5 Å². The molecule has 5 aromatic rings. The zero-order valence-electron chi connectivity index (χ0n) is 29.1. The number of imide groups is 1. The summed E-state index contributed by atoms with van der Waals surface area (Å²) < 4.78 is 11.3. The van der Waals surface area contributed by atoms with Crippen LogP contribution in [0.4, 0.5) is 5.69 Å². The van der Waals surface area contributed by atoms with E-state index in [4.69, 9.17) is 9.47 Å². The van der Waals surface area contributed by atoms with E-state index in [1.54, 1.807) is 37.4 Å². The number of hydrogen-bond donors (Lipinski definition) is 0. The molecular weight excluding hydrogens is 626 g/mol. The summed E-state index contributed by atoms with van der Waals surface area (Å²) >= 11 is 0. The predicted octanol–water partition coefficient (Wildman–Crippen LogP) is 9.32. The van der Waals surface area contributed by atoms with Gasteiger partial charge in [0, 0.05) is 28.9 Å². The quantitative estimate of drug-likeness (QED) is 0.168. The number of ketones is 2. The molecule has 7 nitrogen and oxygen atoms in total. The number of carbonyl (C=O) groups excluding carboxylic acids is 4. The Hall–Kier alpha value is -5.82. The summed E-state index contributed by atoms with van der Waals surface area (Å²) in [5.74, 6) is 1.35. The molecule has 0 bridgehead atoms. The first-order chi connectivity index (χ1) is 23.9. The van der Waals surface area contributed by atoms with Gasteiger partial charge in [0.05, 0.1) is 23.9 Å². The zero-order chi connectivity index (χ0) is 35.7. The highest BCUT2D eigenvalue weighted by Gasteiger charge is 2.37. The number of amides is 2. The van der Waals surface area contributed by atoms with Crippen molar-refractivity contribution in [2.45, 2.75) is 46.5 Å². The molecule has 252 valence electrons. The van der Waals surface area contributed by atoms with Crippen LogP contribution >= 0.6 is 0 Å². The molecule has 7 heteroatoms. The molecule has 1 heterocycles. The Labute approximate surface area is 292 Å². The fourth-order valence-electron chi connectivity index (χ4n) is 6.39. The first kappa shape index (κ1) is 34.1. The van der Waals surface area contributed by atoms with E-state index in [0.29, 0.717) is 45.9 Å². The number of aryl methyl sites for hydroxylation is 2. The molecule has 50 heavy (non-hydrogen) atoms. The number of Topliss-reactive ketones (excluding diaryl/α,β-unsaturated/α-hetero) is 2. The van der Waals surface area contributed by atoms with Gasteiger partial charge in [-0.25, -0.2) is 4.90 Å². The van der Waals surface area contributed by atoms with Crippen molar-refractivity contribution in [3.8, 4) is 17.2 Å². The summed E-state index contributed by atoms with van der Waals surface area (Å²) in [6.45, 7) is 10.0.